The largest absolute Gasteiger partial charge is 0.396 e. The number of rotatable bonds is 9. The lowest BCUT2D eigenvalue weighted by molar-refractivity contribution is 0.292. The third kappa shape index (κ3) is 5.09. The van der Waals surface area contributed by atoms with Crippen molar-refractivity contribution in [3.63, 3.8) is 0 Å². The second-order valence-corrected chi connectivity index (χ2v) is 5.33. The summed E-state index contributed by atoms with van der Waals surface area (Å²) in [5, 5.41) is 23.9. The molecule has 2 rings (SSSR count). The zero-order valence-electron chi connectivity index (χ0n) is 12.4. The van der Waals surface area contributed by atoms with Gasteiger partial charge in [-0.15, -0.1) is 0 Å². The number of hydrogen-bond donors (Lipinski definition) is 4. The van der Waals surface area contributed by atoms with E-state index in [0.29, 0.717) is 43.7 Å². The number of hydrogen-bond acceptors (Lipinski definition) is 7. The predicted octanol–water partition coefficient (Wildman–Crippen LogP) is 1.12. The van der Waals surface area contributed by atoms with Crippen LogP contribution in [-0.2, 0) is 0 Å². The van der Waals surface area contributed by atoms with Crippen LogP contribution in [0.25, 0.3) is 0 Å². The Balaban J connectivity index is 2.06. The van der Waals surface area contributed by atoms with E-state index in [0.717, 1.165) is 18.7 Å². The number of nitrogens with one attached hydrogen (secondary N) is 2. The first kappa shape index (κ1) is 15.9. The summed E-state index contributed by atoms with van der Waals surface area (Å²) < 4.78 is 0. The van der Waals surface area contributed by atoms with Crippen molar-refractivity contribution in [2.75, 3.05) is 36.9 Å². The Morgan fingerprint density at radius 3 is 1.86 bits per heavy atom. The fourth-order valence-corrected chi connectivity index (χ4v) is 2.48. The molecule has 0 amide bonds. The Morgan fingerprint density at radius 1 is 0.857 bits per heavy atom. The molecule has 1 saturated carbocycles. The topological polar surface area (TPSA) is 103 Å². The molecule has 0 atom stereocenters. The molecule has 0 aromatic carbocycles. The van der Waals surface area contributed by atoms with Gasteiger partial charge in [-0.05, 0) is 25.7 Å². The molecule has 1 fully saturated rings. The highest BCUT2D eigenvalue weighted by molar-refractivity contribution is 5.35. The van der Waals surface area contributed by atoms with E-state index in [1.165, 1.54) is 12.8 Å². The Bertz CT molecular complexity index is 396. The molecule has 118 valence electrons. The summed E-state index contributed by atoms with van der Waals surface area (Å²) >= 11 is 0. The molecule has 1 aromatic rings. The van der Waals surface area contributed by atoms with E-state index in [1.54, 1.807) is 0 Å². The monoisotopic (exact) mass is 295 g/mol. The van der Waals surface area contributed by atoms with Crippen molar-refractivity contribution in [2.45, 2.75) is 44.4 Å². The minimum absolute atomic E-state index is 0.148. The maximum Gasteiger partial charge on any atom is 0.227 e. The third-order valence-corrected chi connectivity index (χ3v) is 3.61. The zero-order chi connectivity index (χ0) is 14.9. The average molecular weight is 295 g/mol. The summed E-state index contributed by atoms with van der Waals surface area (Å²) in [6.07, 6.45) is 6.07. The Hall–Kier alpha value is -1.47. The van der Waals surface area contributed by atoms with Gasteiger partial charge in [0.1, 0.15) is 5.82 Å². The van der Waals surface area contributed by atoms with E-state index in [1.807, 2.05) is 0 Å². The van der Waals surface area contributed by atoms with E-state index in [2.05, 4.69) is 25.6 Å². The third-order valence-electron chi connectivity index (χ3n) is 3.61. The second-order valence-electron chi connectivity index (χ2n) is 5.33. The van der Waals surface area contributed by atoms with Gasteiger partial charge in [0.2, 0.25) is 11.9 Å². The van der Waals surface area contributed by atoms with Gasteiger partial charge >= 0.3 is 0 Å². The number of anilines is 2. The smallest absolute Gasteiger partial charge is 0.227 e. The second kappa shape index (κ2) is 8.74. The first-order valence-corrected chi connectivity index (χ1v) is 7.79. The van der Waals surface area contributed by atoms with E-state index >= 15 is 0 Å². The normalized spacial score (nSPS) is 15.3. The lowest BCUT2D eigenvalue weighted by Gasteiger charge is -2.13. The number of aliphatic hydroxyl groups excluding tert-OH is 2. The van der Waals surface area contributed by atoms with Crippen LogP contribution in [0.3, 0.4) is 0 Å². The molecule has 0 unspecified atom stereocenters. The van der Waals surface area contributed by atoms with Crippen LogP contribution in [0, 0.1) is 0 Å². The van der Waals surface area contributed by atoms with E-state index in [4.69, 9.17) is 10.2 Å². The van der Waals surface area contributed by atoms with Gasteiger partial charge in [0.05, 0.1) is 0 Å². The first-order chi connectivity index (χ1) is 10.3. The molecule has 0 aliphatic heterocycles. The predicted molar refractivity (Wildman–Crippen MR) is 81.4 cm³/mol. The van der Waals surface area contributed by atoms with Crippen molar-refractivity contribution in [1.82, 2.24) is 15.0 Å². The lowest BCUT2D eigenvalue weighted by Crippen LogP contribution is -2.15. The molecule has 7 heteroatoms. The molecular weight excluding hydrogens is 270 g/mol. The molecule has 0 spiro atoms. The van der Waals surface area contributed by atoms with Gasteiger partial charge < -0.3 is 20.8 Å². The van der Waals surface area contributed by atoms with Gasteiger partial charge in [-0.1, -0.05) is 12.8 Å². The van der Waals surface area contributed by atoms with Crippen molar-refractivity contribution in [3.8, 4) is 0 Å². The first-order valence-electron chi connectivity index (χ1n) is 7.79. The zero-order valence-corrected chi connectivity index (χ0v) is 12.4. The Kier molecular flexibility index (Phi) is 6.62. The van der Waals surface area contributed by atoms with Crippen LogP contribution in [0.15, 0.2) is 0 Å². The standard InChI is InChI=1S/C14H25N5O2/c20-9-3-7-15-13-17-12(11-5-1-2-6-11)18-14(19-13)16-8-4-10-21/h11,20-21H,1-10H2,(H2,15,16,17,18,19). The van der Waals surface area contributed by atoms with Crippen LogP contribution in [0.5, 0.6) is 0 Å². The van der Waals surface area contributed by atoms with Crippen molar-refractivity contribution < 1.29 is 10.2 Å². The summed E-state index contributed by atoms with van der Waals surface area (Å²) in [5.41, 5.74) is 0. The SMILES string of the molecule is OCCCNc1nc(NCCCO)nc(C2CCCC2)n1. The van der Waals surface area contributed by atoms with Gasteiger partial charge in [-0.3, -0.25) is 0 Å². The Labute approximate surface area is 125 Å². The molecule has 7 nitrogen and oxygen atoms in total. The fourth-order valence-electron chi connectivity index (χ4n) is 2.48. The molecule has 1 heterocycles. The molecule has 1 aliphatic carbocycles. The maximum absolute atomic E-state index is 8.84. The van der Waals surface area contributed by atoms with Gasteiger partial charge in [0.25, 0.3) is 0 Å². The van der Waals surface area contributed by atoms with Crippen molar-refractivity contribution in [1.29, 1.82) is 0 Å². The highest BCUT2D eigenvalue weighted by Crippen LogP contribution is 2.32. The van der Waals surface area contributed by atoms with Crippen LogP contribution >= 0.6 is 0 Å². The summed E-state index contributed by atoms with van der Waals surface area (Å²) in [7, 11) is 0. The van der Waals surface area contributed by atoms with Crippen molar-refractivity contribution in [3.05, 3.63) is 5.82 Å². The Morgan fingerprint density at radius 2 is 1.38 bits per heavy atom. The number of nitrogens with zero attached hydrogens (tertiary/aromatic N) is 3. The van der Waals surface area contributed by atoms with E-state index in [9.17, 15) is 0 Å². The fraction of sp³-hybridized carbons (Fsp3) is 0.786. The number of aliphatic hydroxyl groups is 2. The summed E-state index contributed by atoms with van der Waals surface area (Å²) in [6.45, 7) is 1.58. The van der Waals surface area contributed by atoms with Crippen LogP contribution in [0.4, 0.5) is 11.9 Å². The highest BCUT2D eigenvalue weighted by Gasteiger charge is 2.21. The quantitative estimate of drug-likeness (QED) is 0.506. The molecule has 0 bridgehead atoms. The molecular formula is C14H25N5O2. The van der Waals surface area contributed by atoms with Gasteiger partial charge in [-0.2, -0.15) is 15.0 Å². The van der Waals surface area contributed by atoms with E-state index in [-0.39, 0.29) is 13.2 Å². The molecule has 0 saturated heterocycles. The lowest BCUT2D eigenvalue weighted by atomic mass is 10.1. The van der Waals surface area contributed by atoms with Crippen LogP contribution in [-0.4, -0.2) is 51.5 Å². The minimum atomic E-state index is 0.148. The van der Waals surface area contributed by atoms with Crippen LogP contribution in [0.1, 0.15) is 50.3 Å². The van der Waals surface area contributed by atoms with Crippen molar-refractivity contribution >= 4 is 11.9 Å². The maximum atomic E-state index is 8.84. The highest BCUT2D eigenvalue weighted by atomic mass is 16.3. The summed E-state index contributed by atoms with van der Waals surface area (Å²) in [5.74, 6) is 2.39. The van der Waals surface area contributed by atoms with E-state index < -0.39 is 0 Å². The number of aromatic nitrogens is 3. The van der Waals surface area contributed by atoms with Gasteiger partial charge in [0.15, 0.2) is 0 Å². The minimum Gasteiger partial charge on any atom is -0.396 e. The molecule has 1 aromatic heterocycles. The summed E-state index contributed by atoms with van der Waals surface area (Å²) in [4.78, 5) is 13.4. The molecule has 0 radical (unpaired) electrons. The van der Waals surface area contributed by atoms with Crippen molar-refractivity contribution in [2.24, 2.45) is 0 Å². The van der Waals surface area contributed by atoms with Crippen LogP contribution < -0.4 is 10.6 Å². The van der Waals surface area contributed by atoms with Gasteiger partial charge in [0, 0.05) is 32.2 Å². The molecule has 4 N–H and O–H groups in total. The average Bonchev–Trinajstić information content (AvgIpc) is 3.02. The molecule has 1 aliphatic rings. The molecule has 21 heavy (non-hydrogen) atoms. The summed E-state index contributed by atoms with van der Waals surface area (Å²) in [6, 6.07) is 0. The van der Waals surface area contributed by atoms with Gasteiger partial charge in [-0.25, -0.2) is 0 Å². The van der Waals surface area contributed by atoms with Crippen LogP contribution in [0.2, 0.25) is 0 Å².